The van der Waals surface area contributed by atoms with E-state index in [1.165, 1.54) is 0 Å². The van der Waals surface area contributed by atoms with Crippen LogP contribution < -0.4 is 10.1 Å². The quantitative estimate of drug-likeness (QED) is 0.845. The number of hydrogen-bond donors (Lipinski definition) is 2. The van der Waals surface area contributed by atoms with Crippen LogP contribution in [0, 0.1) is 0 Å². The van der Waals surface area contributed by atoms with Gasteiger partial charge in [-0.2, -0.15) is 0 Å². The molecule has 6 heteroatoms. The zero-order chi connectivity index (χ0) is 13.5. The molecule has 1 heterocycles. The summed E-state index contributed by atoms with van der Waals surface area (Å²) in [5.74, 6) is 0.740. The van der Waals surface area contributed by atoms with E-state index in [1.54, 1.807) is 24.3 Å². The van der Waals surface area contributed by atoms with Gasteiger partial charge in [-0.25, -0.2) is 4.79 Å². The number of carbonyl (C=O) groups is 1. The first kappa shape index (κ1) is 13.6. The van der Waals surface area contributed by atoms with Crippen LogP contribution in [0.25, 0.3) is 0 Å². The number of anilines is 1. The molecule has 6 nitrogen and oxygen atoms in total. The van der Waals surface area contributed by atoms with Gasteiger partial charge in [-0.05, 0) is 24.3 Å². The lowest BCUT2D eigenvalue weighted by molar-refractivity contribution is 0.0322. The molecule has 1 aliphatic rings. The van der Waals surface area contributed by atoms with Crippen molar-refractivity contribution < 1.29 is 19.4 Å². The maximum Gasteiger partial charge on any atom is 0.409 e. The molecule has 0 bridgehead atoms. The highest BCUT2D eigenvalue weighted by molar-refractivity contribution is 5.82. The normalized spacial score (nSPS) is 16.0. The molecule has 0 aliphatic carbocycles. The number of hydrogen-bond acceptors (Lipinski definition) is 4. The Morgan fingerprint density at radius 3 is 2.63 bits per heavy atom. The molecule has 0 atom stereocenters. The van der Waals surface area contributed by atoms with Crippen LogP contribution in [0.3, 0.4) is 0 Å². The molecule has 0 unspecified atom stereocenters. The number of ether oxygens (including phenoxy) is 2. The summed E-state index contributed by atoms with van der Waals surface area (Å²) < 4.78 is 10.9. The average Bonchev–Trinajstić information content (AvgIpc) is 2.41. The molecule has 1 aromatic carbocycles. The minimum Gasteiger partial charge on any atom is -0.492 e. The fraction of sp³-hybridized carbons (Fsp3) is 0.462. The van der Waals surface area contributed by atoms with Crippen LogP contribution >= 0.6 is 0 Å². The summed E-state index contributed by atoms with van der Waals surface area (Å²) in [5.41, 5.74) is 0.535. The maximum absolute atomic E-state index is 10.4. The van der Waals surface area contributed by atoms with E-state index in [0.717, 1.165) is 38.6 Å². The van der Waals surface area contributed by atoms with Gasteiger partial charge in [0.05, 0.1) is 13.2 Å². The van der Waals surface area contributed by atoms with E-state index in [2.05, 4.69) is 10.2 Å². The summed E-state index contributed by atoms with van der Waals surface area (Å²) >= 11 is 0. The Labute approximate surface area is 111 Å². The van der Waals surface area contributed by atoms with Crippen molar-refractivity contribution in [3.63, 3.8) is 0 Å². The molecule has 1 aromatic rings. The third kappa shape index (κ3) is 4.76. The van der Waals surface area contributed by atoms with E-state index < -0.39 is 6.09 Å². The van der Waals surface area contributed by atoms with Gasteiger partial charge in [0.1, 0.15) is 12.4 Å². The van der Waals surface area contributed by atoms with Crippen molar-refractivity contribution in [1.29, 1.82) is 0 Å². The van der Waals surface area contributed by atoms with Crippen LogP contribution in [0.4, 0.5) is 10.5 Å². The van der Waals surface area contributed by atoms with E-state index in [1.807, 2.05) is 0 Å². The number of amides is 1. The SMILES string of the molecule is O=C(O)Nc1ccc(OCCN2CCOCC2)cc1. The third-order valence-electron chi connectivity index (χ3n) is 2.89. The smallest absolute Gasteiger partial charge is 0.409 e. The largest absolute Gasteiger partial charge is 0.492 e. The number of nitrogens with zero attached hydrogens (tertiary/aromatic N) is 1. The Morgan fingerprint density at radius 2 is 2.00 bits per heavy atom. The van der Waals surface area contributed by atoms with Crippen molar-refractivity contribution >= 4 is 11.8 Å². The predicted octanol–water partition coefficient (Wildman–Crippen LogP) is 1.49. The van der Waals surface area contributed by atoms with Crippen molar-refractivity contribution in [1.82, 2.24) is 4.90 Å². The second kappa shape index (κ2) is 6.96. The highest BCUT2D eigenvalue weighted by atomic mass is 16.5. The summed E-state index contributed by atoms with van der Waals surface area (Å²) in [5, 5.41) is 10.8. The van der Waals surface area contributed by atoms with Gasteiger partial charge < -0.3 is 14.6 Å². The molecule has 0 saturated carbocycles. The summed E-state index contributed by atoms with van der Waals surface area (Å²) in [6.07, 6.45) is -1.07. The second-order valence-corrected chi connectivity index (χ2v) is 4.26. The number of rotatable bonds is 5. The highest BCUT2D eigenvalue weighted by Crippen LogP contribution is 2.15. The first-order chi connectivity index (χ1) is 9.24. The molecule has 104 valence electrons. The number of morpholine rings is 1. The lowest BCUT2D eigenvalue weighted by atomic mass is 10.3. The van der Waals surface area contributed by atoms with Gasteiger partial charge in [0.15, 0.2) is 0 Å². The molecule has 1 amide bonds. The van der Waals surface area contributed by atoms with Gasteiger partial charge in [0.2, 0.25) is 0 Å². The van der Waals surface area contributed by atoms with E-state index in [4.69, 9.17) is 14.6 Å². The standard InChI is InChI=1S/C13H18N2O4/c16-13(17)14-11-1-3-12(4-2-11)19-10-7-15-5-8-18-9-6-15/h1-4,14H,5-10H2,(H,16,17). The average molecular weight is 266 g/mol. The van der Waals surface area contributed by atoms with E-state index in [9.17, 15) is 4.79 Å². The Hall–Kier alpha value is -1.79. The van der Waals surface area contributed by atoms with Crippen molar-refractivity contribution in [2.75, 3.05) is 44.8 Å². The Balaban J connectivity index is 1.71. The van der Waals surface area contributed by atoms with Gasteiger partial charge in [0, 0.05) is 25.3 Å². The fourth-order valence-corrected chi connectivity index (χ4v) is 1.88. The molecule has 1 saturated heterocycles. The van der Waals surface area contributed by atoms with Crippen LogP contribution in [-0.4, -0.2) is 55.6 Å². The highest BCUT2D eigenvalue weighted by Gasteiger charge is 2.09. The Bertz CT molecular complexity index is 402. The van der Waals surface area contributed by atoms with Crippen LogP contribution in [0.15, 0.2) is 24.3 Å². The Morgan fingerprint density at radius 1 is 1.32 bits per heavy atom. The Kier molecular flexibility index (Phi) is 5.00. The van der Waals surface area contributed by atoms with Crippen LogP contribution in [0.1, 0.15) is 0 Å². The molecule has 19 heavy (non-hydrogen) atoms. The van der Waals surface area contributed by atoms with Crippen LogP contribution in [0.2, 0.25) is 0 Å². The second-order valence-electron chi connectivity index (χ2n) is 4.26. The minimum absolute atomic E-state index is 0.535. The number of carboxylic acid groups (broad SMARTS) is 1. The molecule has 1 fully saturated rings. The lowest BCUT2D eigenvalue weighted by Crippen LogP contribution is -2.38. The van der Waals surface area contributed by atoms with Crippen LogP contribution in [-0.2, 0) is 4.74 Å². The number of benzene rings is 1. The van der Waals surface area contributed by atoms with Gasteiger partial charge >= 0.3 is 6.09 Å². The third-order valence-corrected chi connectivity index (χ3v) is 2.89. The van der Waals surface area contributed by atoms with E-state index >= 15 is 0 Å². The zero-order valence-electron chi connectivity index (χ0n) is 10.7. The first-order valence-electron chi connectivity index (χ1n) is 6.27. The minimum atomic E-state index is -1.07. The summed E-state index contributed by atoms with van der Waals surface area (Å²) in [6.45, 7) is 4.96. The summed E-state index contributed by atoms with van der Waals surface area (Å²) in [6, 6.07) is 6.87. The molecule has 0 spiro atoms. The van der Waals surface area contributed by atoms with Crippen molar-refractivity contribution in [2.24, 2.45) is 0 Å². The predicted molar refractivity (Wildman–Crippen MR) is 70.8 cm³/mol. The number of nitrogens with one attached hydrogen (secondary N) is 1. The summed E-state index contributed by atoms with van der Waals surface area (Å²) in [7, 11) is 0. The topological polar surface area (TPSA) is 71.0 Å². The molecular formula is C13H18N2O4. The molecular weight excluding hydrogens is 248 g/mol. The maximum atomic E-state index is 10.4. The van der Waals surface area contributed by atoms with Gasteiger partial charge in [-0.15, -0.1) is 0 Å². The zero-order valence-corrected chi connectivity index (χ0v) is 10.7. The van der Waals surface area contributed by atoms with Crippen molar-refractivity contribution in [3.8, 4) is 5.75 Å². The molecule has 1 aliphatic heterocycles. The van der Waals surface area contributed by atoms with Gasteiger partial charge in [-0.1, -0.05) is 0 Å². The lowest BCUT2D eigenvalue weighted by Gasteiger charge is -2.26. The first-order valence-corrected chi connectivity index (χ1v) is 6.27. The van der Waals surface area contributed by atoms with Crippen molar-refractivity contribution in [3.05, 3.63) is 24.3 Å². The summed E-state index contributed by atoms with van der Waals surface area (Å²) in [4.78, 5) is 12.7. The molecule has 2 rings (SSSR count). The monoisotopic (exact) mass is 266 g/mol. The van der Waals surface area contributed by atoms with E-state index in [0.29, 0.717) is 12.3 Å². The van der Waals surface area contributed by atoms with Crippen molar-refractivity contribution in [2.45, 2.75) is 0 Å². The van der Waals surface area contributed by atoms with Gasteiger partial charge in [-0.3, -0.25) is 10.2 Å². The van der Waals surface area contributed by atoms with E-state index in [-0.39, 0.29) is 0 Å². The fourth-order valence-electron chi connectivity index (χ4n) is 1.88. The molecule has 0 aromatic heterocycles. The van der Waals surface area contributed by atoms with Gasteiger partial charge in [0.25, 0.3) is 0 Å². The molecule has 2 N–H and O–H groups in total. The van der Waals surface area contributed by atoms with Crippen LogP contribution in [0.5, 0.6) is 5.75 Å². The molecule has 0 radical (unpaired) electrons.